The molecule has 0 bridgehead atoms. The van der Waals surface area contributed by atoms with Crippen molar-refractivity contribution in [2.24, 2.45) is 29.4 Å². The van der Waals surface area contributed by atoms with Crippen LogP contribution in [0.2, 0.25) is 0 Å². The minimum absolute atomic E-state index is 0.00428. The number of aliphatic hydroxyl groups excluding tert-OH is 2. The molecule has 1 fully saturated rings. The zero-order chi connectivity index (χ0) is 28.7. The Kier molecular flexibility index (Phi) is 6.38. The topological polar surface area (TPSA) is 168 Å². The number of ketones is 1. The van der Waals surface area contributed by atoms with Gasteiger partial charge in [0.15, 0.2) is 5.78 Å². The molecule has 4 aliphatic carbocycles. The van der Waals surface area contributed by atoms with Crippen molar-refractivity contribution in [3.63, 3.8) is 0 Å². The lowest BCUT2D eigenvalue weighted by Gasteiger charge is -2.51. The lowest BCUT2D eigenvalue weighted by atomic mass is 9.59. The number of hydrogen-bond acceptors (Lipinski definition) is 9. The van der Waals surface area contributed by atoms with Gasteiger partial charge in [-0.1, -0.05) is 12.1 Å². The van der Waals surface area contributed by atoms with Crippen LogP contribution in [0.1, 0.15) is 47.2 Å². The minimum Gasteiger partial charge on any atom is -0.511 e. The van der Waals surface area contributed by atoms with Gasteiger partial charge in [-0.2, -0.15) is 0 Å². The largest absolute Gasteiger partial charge is 0.511 e. The number of allylic oxidation sites excluding steroid dienone is 1. The minimum atomic E-state index is -2.99. The van der Waals surface area contributed by atoms with E-state index in [1.165, 1.54) is 18.9 Å². The van der Waals surface area contributed by atoms with Gasteiger partial charge >= 0.3 is 0 Å². The number of aliphatic hydroxyl groups is 4. The fourth-order valence-corrected chi connectivity index (χ4v) is 7.65. The second-order valence-corrected chi connectivity index (χ2v) is 12.3. The quantitative estimate of drug-likeness (QED) is 0.298. The van der Waals surface area contributed by atoms with E-state index >= 15 is 0 Å². The number of amides is 1. The molecule has 3 unspecified atom stereocenters. The van der Waals surface area contributed by atoms with Crippen molar-refractivity contribution in [1.29, 1.82) is 0 Å². The van der Waals surface area contributed by atoms with Gasteiger partial charge in [0.2, 0.25) is 5.79 Å². The van der Waals surface area contributed by atoms with Gasteiger partial charge in [0.25, 0.3) is 5.91 Å². The van der Waals surface area contributed by atoms with Crippen LogP contribution in [0.4, 0.5) is 0 Å². The number of nitrogens with two attached hydrogens (primary N) is 1. The number of aromatic hydroxyl groups is 1. The molecule has 5 aliphatic rings. The Labute approximate surface area is 232 Å². The number of likely N-dealkylation sites (N-methyl/N-ethyl adjacent to an activating group) is 1. The molecule has 10 heteroatoms. The average molecular weight is 552 g/mol. The van der Waals surface area contributed by atoms with Gasteiger partial charge in [0.1, 0.15) is 22.8 Å². The van der Waals surface area contributed by atoms with Crippen LogP contribution < -0.4 is 5.73 Å². The summed E-state index contributed by atoms with van der Waals surface area (Å²) in [7, 11) is 3.35. The number of carbonyl (C=O) groups excluding carboxylic acids is 2. The van der Waals surface area contributed by atoms with E-state index in [2.05, 4.69) is 11.0 Å². The Hall–Kier alpha value is -3.18. The molecule has 0 radical (unpaired) electrons. The molecule has 214 valence electrons. The molecule has 6 rings (SSSR count). The molecule has 1 aliphatic heterocycles. The summed E-state index contributed by atoms with van der Waals surface area (Å²) in [6, 6.07) is 2.51. The summed E-state index contributed by atoms with van der Waals surface area (Å²) in [6.07, 6.45) is 6.22. The van der Waals surface area contributed by atoms with Gasteiger partial charge in [0.05, 0.1) is 17.5 Å². The number of rotatable bonds is 5. The maximum absolute atomic E-state index is 13.9. The predicted octanol–water partition coefficient (Wildman–Crippen LogP) is 1.62. The molecule has 1 aromatic rings. The van der Waals surface area contributed by atoms with Crippen molar-refractivity contribution >= 4 is 17.3 Å². The van der Waals surface area contributed by atoms with Gasteiger partial charge in [-0.15, -0.1) is 0 Å². The van der Waals surface area contributed by atoms with E-state index in [0.29, 0.717) is 6.42 Å². The molecule has 1 amide bonds. The van der Waals surface area contributed by atoms with E-state index in [0.717, 1.165) is 48.7 Å². The van der Waals surface area contributed by atoms with E-state index in [4.69, 9.17) is 5.73 Å². The SMILES string of the molecule is CN(C)[C@@H]1C(O)=C(C(N)=O)C(O)(O)C2C(O)=C3C(=O)c4c(O)ccc(C5=CCN(CC6CC6)CC5)c4CC3CC21. The molecule has 0 aromatic heterocycles. The summed E-state index contributed by atoms with van der Waals surface area (Å²) in [4.78, 5) is 30.2. The van der Waals surface area contributed by atoms with E-state index in [1.54, 1.807) is 19.0 Å². The van der Waals surface area contributed by atoms with Crippen LogP contribution in [0.3, 0.4) is 0 Å². The Morgan fingerprint density at radius 3 is 2.48 bits per heavy atom. The number of primary amides is 1. The highest BCUT2D eigenvalue weighted by atomic mass is 16.5. The molecule has 1 aromatic carbocycles. The summed E-state index contributed by atoms with van der Waals surface area (Å²) in [5.74, 6) is -7.96. The second kappa shape index (κ2) is 9.44. The Morgan fingerprint density at radius 2 is 1.88 bits per heavy atom. The first-order valence-electron chi connectivity index (χ1n) is 14.0. The summed E-state index contributed by atoms with van der Waals surface area (Å²) in [5, 5.41) is 55.5. The lowest BCUT2D eigenvalue weighted by molar-refractivity contribution is -0.200. The maximum atomic E-state index is 13.9. The first kappa shape index (κ1) is 27.0. The molecule has 4 atom stereocenters. The van der Waals surface area contributed by atoms with Gasteiger partial charge < -0.3 is 31.3 Å². The van der Waals surface area contributed by atoms with Crippen LogP contribution in [0.15, 0.2) is 40.9 Å². The number of carbonyl (C=O) groups is 2. The first-order valence-corrected chi connectivity index (χ1v) is 14.0. The molecule has 0 spiro atoms. The number of phenolic OH excluding ortho intramolecular Hbond substituents is 1. The van der Waals surface area contributed by atoms with E-state index in [1.807, 2.05) is 6.07 Å². The van der Waals surface area contributed by atoms with Gasteiger partial charge in [-0.25, -0.2) is 0 Å². The van der Waals surface area contributed by atoms with E-state index < -0.39 is 58.4 Å². The molecule has 1 saturated carbocycles. The van der Waals surface area contributed by atoms with Crippen LogP contribution in [0.5, 0.6) is 5.75 Å². The molecular weight excluding hydrogens is 514 g/mol. The summed E-state index contributed by atoms with van der Waals surface area (Å²) in [5.41, 5.74) is 7.51. The number of benzene rings is 1. The lowest BCUT2D eigenvalue weighted by Crippen LogP contribution is -2.60. The Morgan fingerprint density at radius 1 is 1.15 bits per heavy atom. The van der Waals surface area contributed by atoms with Gasteiger partial charge in [-0.05, 0) is 86.7 Å². The zero-order valence-corrected chi connectivity index (χ0v) is 22.8. The fourth-order valence-electron chi connectivity index (χ4n) is 7.65. The number of fused-ring (bicyclic) bond motifs is 3. The molecule has 7 N–H and O–H groups in total. The van der Waals surface area contributed by atoms with Crippen molar-refractivity contribution < 1.29 is 35.1 Å². The summed E-state index contributed by atoms with van der Waals surface area (Å²) in [6.45, 7) is 2.87. The van der Waals surface area contributed by atoms with Crippen molar-refractivity contribution in [1.82, 2.24) is 9.80 Å². The molecule has 1 heterocycles. The molecule has 10 nitrogen and oxygen atoms in total. The van der Waals surface area contributed by atoms with Crippen LogP contribution in [0.25, 0.3) is 5.57 Å². The fraction of sp³-hybridized carbons (Fsp3) is 0.533. The number of phenols is 1. The Bertz CT molecular complexity index is 1390. The van der Waals surface area contributed by atoms with E-state index in [9.17, 15) is 35.1 Å². The van der Waals surface area contributed by atoms with Gasteiger partial charge in [0, 0.05) is 25.2 Å². The maximum Gasteiger partial charge on any atom is 0.253 e. The van der Waals surface area contributed by atoms with Crippen LogP contribution in [0, 0.1) is 23.7 Å². The van der Waals surface area contributed by atoms with Crippen LogP contribution in [-0.2, 0) is 11.2 Å². The highest BCUT2D eigenvalue weighted by molar-refractivity contribution is 6.14. The molecule has 0 saturated heterocycles. The van der Waals surface area contributed by atoms with Crippen LogP contribution in [-0.4, -0.2) is 92.6 Å². The van der Waals surface area contributed by atoms with Crippen LogP contribution >= 0.6 is 0 Å². The van der Waals surface area contributed by atoms with E-state index in [-0.39, 0.29) is 23.3 Å². The van der Waals surface area contributed by atoms with Gasteiger partial charge in [-0.3, -0.25) is 19.4 Å². The second-order valence-electron chi connectivity index (χ2n) is 12.3. The monoisotopic (exact) mass is 551 g/mol. The third-order valence-corrected chi connectivity index (χ3v) is 9.58. The predicted molar refractivity (Wildman–Crippen MR) is 146 cm³/mol. The normalized spacial score (nSPS) is 30.1. The third kappa shape index (κ3) is 4.08. The summed E-state index contributed by atoms with van der Waals surface area (Å²) >= 11 is 0. The number of nitrogens with zero attached hydrogens (tertiary/aromatic N) is 2. The third-order valence-electron chi connectivity index (χ3n) is 9.58. The van der Waals surface area contributed by atoms with Crippen molar-refractivity contribution in [3.05, 3.63) is 57.6 Å². The Balaban J connectivity index is 1.42. The van der Waals surface area contributed by atoms with Crippen molar-refractivity contribution in [2.75, 3.05) is 33.7 Å². The zero-order valence-electron chi connectivity index (χ0n) is 22.8. The molecule has 40 heavy (non-hydrogen) atoms. The number of hydrogen-bond donors (Lipinski definition) is 6. The smallest absolute Gasteiger partial charge is 0.253 e. The average Bonchev–Trinajstić information content (AvgIpc) is 3.67. The van der Waals surface area contributed by atoms with Crippen molar-refractivity contribution in [2.45, 2.75) is 43.9 Å². The summed E-state index contributed by atoms with van der Waals surface area (Å²) < 4.78 is 0. The highest BCUT2D eigenvalue weighted by Gasteiger charge is 2.60. The standard InChI is InChI=1S/C30H37N3O7/c1-32(2)25-19-12-16-11-18-17(15-7-9-33(10-8-15)13-14-3-4-14)5-6-20(34)22(18)26(35)21(16)27(36)23(19)30(39,40)24(28(25)37)29(31)38/h5-7,14,16,19,23,25,34,36-37,39-40H,3-4,8-13H2,1-2H3,(H2,31,38)/t16?,19?,23?,25-/m0/s1. The first-order chi connectivity index (χ1) is 18.9. The molecular formula is C30H37N3O7. The highest BCUT2D eigenvalue weighted by Crippen LogP contribution is 2.54. The number of Topliss-reactive ketones (excluding diaryl/α,β-unsaturated/α-hetero) is 1. The van der Waals surface area contributed by atoms with Crippen molar-refractivity contribution in [3.8, 4) is 5.75 Å².